The molecule has 0 unspecified atom stereocenters. The summed E-state index contributed by atoms with van der Waals surface area (Å²) >= 11 is 0. The number of amides is 2. The van der Waals surface area contributed by atoms with Gasteiger partial charge in [0.2, 0.25) is 5.95 Å². The number of aromatic nitrogens is 3. The third kappa shape index (κ3) is 5.53. The number of nitrogens with two attached hydrogens (primary N) is 1. The first-order chi connectivity index (χ1) is 13.6. The number of hydrogen-bond acceptors (Lipinski definition) is 4. The highest BCUT2D eigenvalue weighted by Crippen LogP contribution is 2.27. The molecule has 3 aromatic rings. The molecule has 0 aliphatic carbocycles. The van der Waals surface area contributed by atoms with Gasteiger partial charge in [0.25, 0.3) is 0 Å². The molecule has 2 amide bonds. The molecule has 0 fully saturated rings. The van der Waals surface area contributed by atoms with Crippen molar-refractivity contribution in [1.82, 2.24) is 19.9 Å². The van der Waals surface area contributed by atoms with Crippen LogP contribution in [0.25, 0.3) is 10.9 Å². The van der Waals surface area contributed by atoms with Crippen molar-refractivity contribution in [3.8, 4) is 0 Å². The molecule has 0 saturated carbocycles. The predicted molar refractivity (Wildman–Crippen MR) is 97.0 cm³/mol. The monoisotopic (exact) mass is 416 g/mol. The van der Waals surface area contributed by atoms with Crippen LogP contribution in [0.2, 0.25) is 0 Å². The summed E-state index contributed by atoms with van der Waals surface area (Å²) in [5, 5.41) is 5.70. The molecule has 29 heavy (non-hydrogen) atoms. The molecule has 2 heterocycles. The van der Waals surface area contributed by atoms with Crippen LogP contribution < -0.4 is 16.4 Å². The van der Waals surface area contributed by atoms with Gasteiger partial charge in [-0.25, -0.2) is 23.5 Å². The molecule has 0 aliphatic heterocycles. The van der Waals surface area contributed by atoms with Gasteiger partial charge in [0.05, 0.1) is 30.1 Å². The lowest BCUT2D eigenvalue weighted by molar-refractivity contribution is 0.00819. The highest BCUT2D eigenvalue weighted by atomic mass is 19.4. The molecule has 1 aromatic carbocycles. The zero-order valence-electron chi connectivity index (χ0n) is 15.3. The first-order valence-electron chi connectivity index (χ1n) is 8.07. The molecule has 0 aliphatic rings. The average molecular weight is 416 g/mol. The van der Waals surface area contributed by atoms with E-state index in [2.05, 4.69) is 20.6 Å². The van der Waals surface area contributed by atoms with Gasteiger partial charge < -0.3 is 20.9 Å². The second kappa shape index (κ2) is 9.17. The van der Waals surface area contributed by atoms with Crippen molar-refractivity contribution in [2.24, 2.45) is 7.05 Å². The lowest BCUT2D eigenvalue weighted by Crippen LogP contribution is -2.29. The quantitative estimate of drug-likeness (QED) is 0.568. The van der Waals surface area contributed by atoms with Gasteiger partial charge in [-0.15, -0.1) is 0 Å². The second-order valence-corrected chi connectivity index (χ2v) is 5.80. The van der Waals surface area contributed by atoms with Crippen LogP contribution >= 0.6 is 0 Å². The molecule has 3 rings (SSSR count). The van der Waals surface area contributed by atoms with E-state index < -0.39 is 24.3 Å². The third-order valence-corrected chi connectivity index (χ3v) is 3.95. The van der Waals surface area contributed by atoms with Crippen LogP contribution in [0.5, 0.6) is 0 Å². The van der Waals surface area contributed by atoms with E-state index in [1.807, 2.05) is 0 Å². The van der Waals surface area contributed by atoms with Crippen LogP contribution in [0.4, 0.5) is 38.4 Å². The van der Waals surface area contributed by atoms with Gasteiger partial charge in [0.1, 0.15) is 11.6 Å². The molecule has 2 aromatic heterocycles. The minimum absolute atomic E-state index is 0.103. The maximum absolute atomic E-state index is 14.0. The zero-order valence-corrected chi connectivity index (χ0v) is 15.3. The van der Waals surface area contributed by atoms with Crippen LogP contribution in [0.15, 0.2) is 24.5 Å². The van der Waals surface area contributed by atoms with Gasteiger partial charge in [-0.2, -0.15) is 13.2 Å². The molecular weight excluding hydrogens is 399 g/mol. The Morgan fingerprint density at radius 2 is 1.79 bits per heavy atom. The van der Waals surface area contributed by atoms with Gasteiger partial charge in [0.15, 0.2) is 0 Å². The maximum Gasteiger partial charge on any atom is 0.379 e. The van der Waals surface area contributed by atoms with Crippen LogP contribution in [-0.2, 0) is 13.6 Å². The summed E-state index contributed by atoms with van der Waals surface area (Å²) in [6.45, 7) is -1.77. The summed E-state index contributed by atoms with van der Waals surface area (Å²) in [6.07, 6.45) is 2.75. The van der Waals surface area contributed by atoms with Crippen molar-refractivity contribution >= 4 is 28.6 Å². The van der Waals surface area contributed by atoms with E-state index >= 15 is 0 Å². The molecule has 0 radical (unpaired) electrons. The molecule has 156 valence electrons. The number of carbonyl (C=O) groups excluding carboxylic acids is 1. The average Bonchev–Trinajstić information content (AvgIpc) is 2.85. The number of benzene rings is 1. The van der Waals surface area contributed by atoms with Crippen LogP contribution in [0.1, 0.15) is 11.3 Å². The third-order valence-electron chi connectivity index (χ3n) is 3.95. The minimum Gasteiger partial charge on any atom is -0.368 e. The number of nitrogen functional groups attached to an aromatic ring is 1. The van der Waals surface area contributed by atoms with Gasteiger partial charge in [-0.05, 0) is 18.6 Å². The van der Waals surface area contributed by atoms with Crippen molar-refractivity contribution in [3.05, 3.63) is 47.4 Å². The summed E-state index contributed by atoms with van der Waals surface area (Å²) < 4.78 is 58.1. The van der Waals surface area contributed by atoms with Gasteiger partial charge in [0, 0.05) is 24.2 Å². The Morgan fingerprint density at radius 1 is 1.21 bits per heavy atom. The standard InChI is InChI=1S/C16H16F2N6O.CHF3/c1-8-11-3-9(17)4-12(18)14(11)24(2)13(8)7-22-16(25)23-10-5-20-15(19)21-6-10;2-1(3)4/h3-6H,7H2,1-2H3,(H2,19,20,21)(H2,22,23,25);1H. The van der Waals surface area contributed by atoms with Gasteiger partial charge in [-0.3, -0.25) is 0 Å². The number of hydrogen-bond donors (Lipinski definition) is 3. The Morgan fingerprint density at radius 3 is 2.38 bits per heavy atom. The van der Waals surface area contributed by atoms with Crippen LogP contribution in [0, 0.1) is 18.6 Å². The predicted octanol–water partition coefficient (Wildman–Crippen LogP) is 3.64. The summed E-state index contributed by atoms with van der Waals surface area (Å²) in [5.74, 6) is -1.18. The maximum atomic E-state index is 14.0. The summed E-state index contributed by atoms with van der Waals surface area (Å²) in [5.41, 5.74) is 7.42. The Balaban J connectivity index is 0.000000687. The highest BCUT2D eigenvalue weighted by molar-refractivity contribution is 5.89. The number of aryl methyl sites for hydroxylation is 2. The Hall–Kier alpha value is -3.44. The number of carbonyl (C=O) groups is 1. The zero-order chi connectivity index (χ0) is 21.7. The summed E-state index contributed by atoms with van der Waals surface area (Å²) in [4.78, 5) is 19.5. The number of alkyl halides is 3. The Bertz CT molecular complexity index is 1000. The topological polar surface area (TPSA) is 97.9 Å². The fourth-order valence-corrected chi connectivity index (χ4v) is 2.73. The molecule has 0 spiro atoms. The Labute approximate surface area is 161 Å². The number of rotatable bonds is 3. The number of halogens is 5. The van der Waals surface area contributed by atoms with Crippen molar-refractivity contribution in [3.63, 3.8) is 0 Å². The number of urea groups is 1. The molecule has 4 N–H and O–H groups in total. The van der Waals surface area contributed by atoms with E-state index in [1.54, 1.807) is 18.5 Å². The smallest absolute Gasteiger partial charge is 0.368 e. The first-order valence-corrected chi connectivity index (χ1v) is 8.07. The lowest BCUT2D eigenvalue weighted by atomic mass is 10.1. The number of anilines is 2. The second-order valence-electron chi connectivity index (χ2n) is 5.80. The van der Waals surface area contributed by atoms with E-state index in [1.165, 1.54) is 18.5 Å². The van der Waals surface area contributed by atoms with Crippen LogP contribution in [0.3, 0.4) is 0 Å². The SMILES string of the molecule is Cc1c(CNC(=O)Nc2cnc(N)nc2)n(C)c2c(F)cc(F)cc12.FC(F)F. The fourth-order valence-electron chi connectivity index (χ4n) is 2.73. The molecule has 7 nitrogen and oxygen atoms in total. The Kier molecular flexibility index (Phi) is 6.91. The summed E-state index contributed by atoms with van der Waals surface area (Å²) in [6, 6.07) is 1.64. The van der Waals surface area contributed by atoms with E-state index in [9.17, 15) is 26.7 Å². The highest BCUT2D eigenvalue weighted by Gasteiger charge is 2.17. The molecule has 0 bridgehead atoms. The van der Waals surface area contributed by atoms with E-state index in [0.717, 1.165) is 6.07 Å². The molecule has 12 heteroatoms. The van der Waals surface area contributed by atoms with Gasteiger partial charge in [-0.1, -0.05) is 0 Å². The number of fused-ring (bicyclic) bond motifs is 1. The largest absolute Gasteiger partial charge is 0.379 e. The fraction of sp³-hybridized carbons (Fsp3) is 0.235. The van der Waals surface area contributed by atoms with E-state index in [4.69, 9.17) is 5.73 Å². The number of nitrogens with zero attached hydrogens (tertiary/aromatic N) is 3. The van der Waals surface area contributed by atoms with Crippen molar-refractivity contribution in [2.45, 2.75) is 20.1 Å². The first kappa shape index (κ1) is 21.9. The minimum atomic E-state index is -3.67. The van der Waals surface area contributed by atoms with Gasteiger partial charge >= 0.3 is 12.7 Å². The van der Waals surface area contributed by atoms with E-state index in [-0.39, 0.29) is 12.5 Å². The van der Waals surface area contributed by atoms with Crippen molar-refractivity contribution < 1.29 is 26.7 Å². The molecular formula is C17H17F5N6O. The lowest BCUT2D eigenvalue weighted by Gasteiger charge is -2.09. The molecule has 0 saturated heterocycles. The van der Waals surface area contributed by atoms with E-state index in [0.29, 0.717) is 27.8 Å². The summed E-state index contributed by atoms with van der Waals surface area (Å²) in [7, 11) is 1.67. The molecule has 0 atom stereocenters. The van der Waals surface area contributed by atoms with Crippen LogP contribution in [-0.4, -0.2) is 27.2 Å². The normalized spacial score (nSPS) is 10.6. The van der Waals surface area contributed by atoms with Crippen molar-refractivity contribution in [2.75, 3.05) is 11.1 Å². The number of nitrogens with one attached hydrogen (secondary N) is 2. The van der Waals surface area contributed by atoms with Crippen molar-refractivity contribution in [1.29, 1.82) is 0 Å².